The van der Waals surface area contributed by atoms with Gasteiger partial charge in [-0.1, -0.05) is 214 Å². The van der Waals surface area contributed by atoms with Gasteiger partial charge in [-0.05, 0) is 133 Å². The number of fused-ring (bicyclic) bond motifs is 12. The van der Waals surface area contributed by atoms with Crippen LogP contribution in [-0.2, 0) is 21.7 Å². The molecule has 9 aromatic carbocycles. The fourth-order valence-electron chi connectivity index (χ4n) is 15.5. The molecule has 0 radical (unpaired) electrons. The molecule has 372 valence electrons. The predicted octanol–water partition coefficient (Wildman–Crippen LogP) is 17.3. The van der Waals surface area contributed by atoms with Crippen LogP contribution in [0.2, 0.25) is 0 Å². The van der Waals surface area contributed by atoms with Crippen LogP contribution in [0.5, 0.6) is 0 Å². The molecule has 3 nitrogen and oxygen atoms in total. The summed E-state index contributed by atoms with van der Waals surface area (Å²) in [7, 11) is 0. The van der Waals surface area contributed by atoms with E-state index in [-0.39, 0.29) is 28.4 Å². The summed E-state index contributed by atoms with van der Waals surface area (Å²) < 4.78 is 7.28. The van der Waals surface area contributed by atoms with E-state index in [1.807, 2.05) is 0 Å². The van der Waals surface area contributed by atoms with Crippen molar-refractivity contribution in [3.63, 3.8) is 0 Å². The molecule has 0 atom stereocenters. The molecule has 76 heavy (non-hydrogen) atoms. The monoisotopic (exact) mass is 985 g/mol. The fourth-order valence-corrected chi connectivity index (χ4v) is 15.5. The van der Waals surface area contributed by atoms with Gasteiger partial charge in [0.05, 0.1) is 11.4 Å². The Labute approximate surface area is 449 Å². The van der Waals surface area contributed by atoms with E-state index in [4.69, 9.17) is 4.42 Å². The average molecular weight is 985 g/mol. The largest absolute Gasteiger partial charge is 0.454 e. The minimum Gasteiger partial charge on any atom is -0.454 e. The van der Waals surface area contributed by atoms with Gasteiger partial charge >= 0.3 is 0 Å². The van der Waals surface area contributed by atoms with Crippen molar-refractivity contribution in [2.45, 2.75) is 115 Å². The first-order chi connectivity index (χ1) is 36.7. The van der Waals surface area contributed by atoms with E-state index in [0.29, 0.717) is 5.92 Å². The van der Waals surface area contributed by atoms with Crippen LogP contribution in [0.4, 0.5) is 34.1 Å². The van der Waals surface area contributed by atoms with Crippen molar-refractivity contribution in [2.24, 2.45) is 0 Å². The number of para-hydroxylation sites is 2. The van der Waals surface area contributed by atoms with Crippen LogP contribution in [0.1, 0.15) is 143 Å². The number of nitrogens with zero attached hydrogens (tertiary/aromatic N) is 2. The molecule has 4 heteroatoms. The molecule has 1 fully saturated rings. The lowest BCUT2D eigenvalue weighted by Gasteiger charge is -2.49. The van der Waals surface area contributed by atoms with E-state index >= 15 is 0 Å². The zero-order valence-corrected chi connectivity index (χ0v) is 45.3. The summed E-state index contributed by atoms with van der Waals surface area (Å²) in [5, 5.41) is 2.29. The molecule has 0 amide bonds. The van der Waals surface area contributed by atoms with Gasteiger partial charge in [0.1, 0.15) is 5.58 Å². The molecule has 1 aromatic heterocycles. The summed E-state index contributed by atoms with van der Waals surface area (Å²) >= 11 is 0. The Kier molecular flexibility index (Phi) is 9.64. The average Bonchev–Trinajstić information content (AvgIpc) is 3.97. The van der Waals surface area contributed by atoms with Gasteiger partial charge in [0.15, 0.2) is 5.58 Å². The number of rotatable bonds is 4. The van der Waals surface area contributed by atoms with Gasteiger partial charge in [-0.3, -0.25) is 0 Å². The SMILES string of the molecule is CC1(C)c2ccccc2C(C)(C)c2cc(N3c4cc5c(cc4B4c6ccc7c(oc8ccccc87)c6N(c6ccccc6-c6ccccc6)c6cc(C7CCCCC7)cc3c64)C(C)(C)c3ccccc3C5(C)C)ccc21. The minimum absolute atomic E-state index is 0.0920. The maximum atomic E-state index is 7.28. The van der Waals surface area contributed by atoms with Crippen LogP contribution >= 0.6 is 0 Å². The third-order valence-electron chi connectivity index (χ3n) is 19.5. The maximum absolute atomic E-state index is 7.28. The third-order valence-corrected chi connectivity index (χ3v) is 19.5. The molecule has 0 unspecified atom stereocenters. The second-order valence-corrected chi connectivity index (χ2v) is 25.1. The Balaban J connectivity index is 1.09. The minimum atomic E-state index is -0.245. The van der Waals surface area contributed by atoms with Gasteiger partial charge in [0.25, 0.3) is 6.71 Å². The van der Waals surface area contributed by atoms with Crippen LogP contribution in [0.25, 0.3) is 33.1 Å². The highest BCUT2D eigenvalue weighted by molar-refractivity contribution is 7.00. The van der Waals surface area contributed by atoms with Gasteiger partial charge in [0, 0.05) is 60.7 Å². The van der Waals surface area contributed by atoms with Crippen LogP contribution in [0, 0.1) is 0 Å². The van der Waals surface area contributed by atoms with Crippen LogP contribution in [-0.4, -0.2) is 6.71 Å². The Hall–Kier alpha value is -7.56. The lowest BCUT2D eigenvalue weighted by molar-refractivity contribution is 0.444. The highest BCUT2D eigenvalue weighted by Crippen LogP contribution is 2.56. The van der Waals surface area contributed by atoms with Gasteiger partial charge in [-0.15, -0.1) is 0 Å². The number of benzene rings is 9. The van der Waals surface area contributed by atoms with Crippen LogP contribution in [0.15, 0.2) is 186 Å². The van der Waals surface area contributed by atoms with Crippen molar-refractivity contribution < 1.29 is 4.42 Å². The van der Waals surface area contributed by atoms with Crippen molar-refractivity contribution in [1.29, 1.82) is 0 Å². The van der Waals surface area contributed by atoms with Crippen molar-refractivity contribution in [3.8, 4) is 11.1 Å². The molecule has 5 aliphatic rings. The first-order valence-electron chi connectivity index (χ1n) is 28.1. The van der Waals surface area contributed by atoms with E-state index in [9.17, 15) is 0 Å². The molecule has 0 bridgehead atoms. The summed E-state index contributed by atoms with van der Waals surface area (Å²) in [5.74, 6) is 0.450. The quantitative estimate of drug-likeness (QED) is 0.164. The van der Waals surface area contributed by atoms with Gasteiger partial charge < -0.3 is 14.2 Å². The van der Waals surface area contributed by atoms with E-state index in [2.05, 4.69) is 247 Å². The molecule has 0 saturated heterocycles. The van der Waals surface area contributed by atoms with Crippen LogP contribution in [0.3, 0.4) is 0 Å². The molecule has 15 rings (SSSR count). The Morgan fingerprint density at radius 1 is 0.421 bits per heavy atom. The summed E-state index contributed by atoms with van der Waals surface area (Å²) in [6, 6.07) is 70.2. The molecular formula is C72H65BN2O. The van der Waals surface area contributed by atoms with E-state index < -0.39 is 0 Å². The van der Waals surface area contributed by atoms with Crippen molar-refractivity contribution >= 4 is 79.2 Å². The molecule has 3 aliphatic carbocycles. The normalized spacial score (nSPS) is 18.0. The number of anilines is 6. The topological polar surface area (TPSA) is 19.6 Å². The molecule has 1 saturated carbocycles. The molecule has 10 aromatic rings. The van der Waals surface area contributed by atoms with Crippen LogP contribution < -0.4 is 26.2 Å². The molecule has 0 N–H and O–H groups in total. The summed E-state index contributed by atoms with van der Waals surface area (Å²) in [4.78, 5) is 5.38. The standard InChI is InChI=1S/C72H65BN2O/c1-69(2)51-29-17-18-30-52(51)70(3,4)56-41-47(35-37-55(56)69)74-62-43-58-57(71(5,6)53-31-19-20-32-54(53)72(58,7)8)42-60(62)73-59-38-36-50-49-28-16-22-34-65(49)76-68(50)67(59)75(61-33-21-15-27-48(61)45-25-13-10-14-26-45)64-40-46(39-63(74)66(64)73)44-23-11-9-12-24-44/h10,13-22,25-44H,9,11-12,23-24H2,1-8H3. The molecule has 2 aliphatic heterocycles. The highest BCUT2D eigenvalue weighted by atomic mass is 16.3. The van der Waals surface area contributed by atoms with Gasteiger partial charge in [-0.2, -0.15) is 0 Å². The third kappa shape index (κ3) is 6.19. The summed E-state index contributed by atoms with van der Waals surface area (Å²) in [6.07, 6.45) is 6.20. The van der Waals surface area contributed by atoms with Crippen molar-refractivity contribution in [3.05, 3.63) is 232 Å². The zero-order valence-electron chi connectivity index (χ0n) is 45.3. The zero-order chi connectivity index (χ0) is 51.6. The smallest absolute Gasteiger partial charge is 0.252 e. The van der Waals surface area contributed by atoms with Crippen molar-refractivity contribution in [2.75, 3.05) is 9.80 Å². The lowest BCUT2D eigenvalue weighted by Crippen LogP contribution is -2.62. The second kappa shape index (κ2) is 16.0. The van der Waals surface area contributed by atoms with Crippen molar-refractivity contribution in [1.82, 2.24) is 0 Å². The van der Waals surface area contributed by atoms with E-state index in [1.165, 1.54) is 132 Å². The number of hydrogen-bond donors (Lipinski definition) is 0. The lowest BCUT2D eigenvalue weighted by atomic mass is 9.33. The Morgan fingerprint density at radius 3 is 1.66 bits per heavy atom. The first-order valence-corrected chi connectivity index (χ1v) is 28.1. The van der Waals surface area contributed by atoms with E-state index in [0.717, 1.165) is 33.3 Å². The van der Waals surface area contributed by atoms with Gasteiger partial charge in [0.2, 0.25) is 0 Å². The maximum Gasteiger partial charge on any atom is 0.252 e. The highest BCUT2D eigenvalue weighted by Gasteiger charge is 2.50. The van der Waals surface area contributed by atoms with E-state index in [1.54, 1.807) is 0 Å². The Morgan fingerprint density at radius 2 is 0.974 bits per heavy atom. The van der Waals surface area contributed by atoms with Gasteiger partial charge in [-0.25, -0.2) is 0 Å². The summed E-state index contributed by atoms with van der Waals surface area (Å²) in [5.41, 5.74) is 27.4. The Bertz CT molecular complexity index is 4070. The molecule has 3 heterocycles. The first kappa shape index (κ1) is 45.8. The second-order valence-electron chi connectivity index (χ2n) is 25.1. The number of furan rings is 1. The fraction of sp³-hybridized carbons (Fsp3) is 0.250. The number of hydrogen-bond acceptors (Lipinski definition) is 3. The molecule has 0 spiro atoms. The molecular weight excluding hydrogens is 920 g/mol. The summed E-state index contributed by atoms with van der Waals surface area (Å²) in [6.45, 7) is 19.5. The predicted molar refractivity (Wildman–Crippen MR) is 320 cm³/mol.